The van der Waals surface area contributed by atoms with Crippen molar-refractivity contribution in [2.75, 3.05) is 58.2 Å². The first-order valence-corrected chi connectivity index (χ1v) is 5.89. The Labute approximate surface area is 112 Å². The first-order chi connectivity index (χ1) is 9.22. The highest BCUT2D eigenvalue weighted by molar-refractivity contribution is 5.38. The lowest BCUT2D eigenvalue weighted by Gasteiger charge is -2.07. The molecule has 0 spiro atoms. The van der Waals surface area contributed by atoms with Gasteiger partial charge in [0.1, 0.15) is 12.4 Å². The van der Waals surface area contributed by atoms with Gasteiger partial charge >= 0.3 is 0 Å². The maximum Gasteiger partial charge on any atom is 0.225 e. The van der Waals surface area contributed by atoms with Crippen LogP contribution in [-0.2, 0) is 14.2 Å². The van der Waals surface area contributed by atoms with Gasteiger partial charge in [-0.15, -0.1) is 0 Å². The predicted molar refractivity (Wildman–Crippen MR) is 69.9 cm³/mol. The Hall–Kier alpha value is -1.64. The Morgan fingerprint density at radius 2 is 1.58 bits per heavy atom. The van der Waals surface area contributed by atoms with Crippen LogP contribution in [0.3, 0.4) is 0 Å². The summed E-state index contributed by atoms with van der Waals surface area (Å²) in [6.45, 7) is 2.96. The fourth-order valence-corrected chi connectivity index (χ4v) is 1.20. The number of aromatic nitrogens is 2. The van der Waals surface area contributed by atoms with Gasteiger partial charge in [0.15, 0.2) is 0 Å². The SMILES string of the molecule is COCCOCCOCCOc1cc(N)nc(N)n1. The second-order valence-corrected chi connectivity index (χ2v) is 3.56. The van der Waals surface area contributed by atoms with Crippen LogP contribution >= 0.6 is 0 Å². The van der Waals surface area contributed by atoms with E-state index < -0.39 is 0 Å². The van der Waals surface area contributed by atoms with E-state index in [2.05, 4.69) is 9.97 Å². The number of hydrogen-bond donors (Lipinski definition) is 2. The Bertz CT molecular complexity index is 344. The number of nitrogens with two attached hydrogens (primary N) is 2. The van der Waals surface area contributed by atoms with Crippen molar-refractivity contribution in [2.45, 2.75) is 0 Å². The van der Waals surface area contributed by atoms with Crippen molar-refractivity contribution in [2.24, 2.45) is 0 Å². The summed E-state index contributed by atoms with van der Waals surface area (Å²) in [4.78, 5) is 7.61. The molecule has 1 heterocycles. The molecule has 1 aromatic rings. The molecule has 0 aromatic carbocycles. The third kappa shape index (κ3) is 7.39. The Morgan fingerprint density at radius 3 is 2.21 bits per heavy atom. The molecule has 0 radical (unpaired) electrons. The van der Waals surface area contributed by atoms with E-state index in [-0.39, 0.29) is 11.8 Å². The van der Waals surface area contributed by atoms with Gasteiger partial charge in [-0.05, 0) is 0 Å². The zero-order valence-electron chi connectivity index (χ0n) is 11.0. The number of ether oxygens (including phenoxy) is 4. The van der Waals surface area contributed by atoms with Crippen LogP contribution in [0.1, 0.15) is 0 Å². The monoisotopic (exact) mass is 272 g/mol. The molecular formula is C11H20N4O4. The molecule has 0 saturated heterocycles. The van der Waals surface area contributed by atoms with Crippen LogP contribution in [0.15, 0.2) is 6.07 Å². The van der Waals surface area contributed by atoms with Gasteiger partial charge < -0.3 is 30.4 Å². The molecule has 1 aromatic heterocycles. The molecule has 0 fully saturated rings. The van der Waals surface area contributed by atoms with E-state index in [1.807, 2.05) is 0 Å². The molecule has 8 nitrogen and oxygen atoms in total. The Balaban J connectivity index is 2.01. The van der Waals surface area contributed by atoms with Crippen molar-refractivity contribution < 1.29 is 18.9 Å². The molecule has 0 amide bonds. The molecule has 0 unspecified atom stereocenters. The largest absolute Gasteiger partial charge is 0.475 e. The second-order valence-electron chi connectivity index (χ2n) is 3.56. The van der Waals surface area contributed by atoms with Crippen LogP contribution in [0.5, 0.6) is 5.88 Å². The quantitative estimate of drug-likeness (QED) is 0.558. The number of nitrogens with zero attached hydrogens (tertiary/aromatic N) is 2. The number of anilines is 2. The molecule has 108 valence electrons. The highest BCUT2D eigenvalue weighted by Crippen LogP contribution is 2.11. The van der Waals surface area contributed by atoms with E-state index >= 15 is 0 Å². The van der Waals surface area contributed by atoms with Crippen molar-refractivity contribution >= 4 is 11.8 Å². The Kier molecular flexibility index (Phi) is 7.56. The first-order valence-electron chi connectivity index (χ1n) is 5.89. The predicted octanol–water partition coefficient (Wildman–Crippen LogP) is -0.301. The number of methoxy groups -OCH3 is 1. The van der Waals surface area contributed by atoms with E-state index in [9.17, 15) is 0 Å². The van der Waals surface area contributed by atoms with Crippen molar-refractivity contribution in [3.63, 3.8) is 0 Å². The number of hydrogen-bond acceptors (Lipinski definition) is 8. The molecule has 0 aliphatic rings. The fourth-order valence-electron chi connectivity index (χ4n) is 1.20. The second kappa shape index (κ2) is 9.31. The van der Waals surface area contributed by atoms with Gasteiger partial charge in [0.25, 0.3) is 0 Å². The van der Waals surface area contributed by atoms with Gasteiger partial charge in [0, 0.05) is 13.2 Å². The van der Waals surface area contributed by atoms with E-state index in [1.165, 1.54) is 6.07 Å². The summed E-state index contributed by atoms with van der Waals surface area (Å²) in [6.07, 6.45) is 0. The molecule has 0 saturated carbocycles. The topological polar surface area (TPSA) is 115 Å². The molecule has 0 aliphatic carbocycles. The minimum absolute atomic E-state index is 0.0856. The summed E-state index contributed by atoms with van der Waals surface area (Å²) >= 11 is 0. The highest BCUT2D eigenvalue weighted by Gasteiger charge is 2.00. The van der Waals surface area contributed by atoms with Gasteiger partial charge in [-0.2, -0.15) is 9.97 Å². The zero-order chi connectivity index (χ0) is 13.9. The van der Waals surface area contributed by atoms with Crippen LogP contribution in [0.4, 0.5) is 11.8 Å². The van der Waals surface area contributed by atoms with Crippen LogP contribution < -0.4 is 16.2 Å². The van der Waals surface area contributed by atoms with Crippen LogP contribution in [0.25, 0.3) is 0 Å². The van der Waals surface area contributed by atoms with Crippen molar-refractivity contribution in [1.29, 1.82) is 0 Å². The average Bonchev–Trinajstić information content (AvgIpc) is 2.36. The molecule has 19 heavy (non-hydrogen) atoms. The van der Waals surface area contributed by atoms with E-state index in [0.717, 1.165) is 0 Å². The lowest BCUT2D eigenvalue weighted by atomic mass is 10.5. The van der Waals surface area contributed by atoms with Crippen molar-refractivity contribution in [3.8, 4) is 5.88 Å². The molecule has 8 heteroatoms. The van der Waals surface area contributed by atoms with E-state index in [4.69, 9.17) is 30.4 Å². The van der Waals surface area contributed by atoms with Gasteiger partial charge in [-0.3, -0.25) is 0 Å². The summed E-state index contributed by atoms with van der Waals surface area (Å²) in [5.74, 6) is 0.697. The molecule has 0 aliphatic heterocycles. The van der Waals surface area contributed by atoms with Gasteiger partial charge in [0.05, 0.1) is 33.0 Å². The minimum atomic E-state index is 0.0856. The standard InChI is InChI=1S/C11H20N4O4/c1-16-2-3-17-4-5-18-6-7-19-10-8-9(12)14-11(13)15-10/h8H,2-7H2,1H3,(H4,12,13,14,15). The van der Waals surface area contributed by atoms with E-state index in [0.29, 0.717) is 45.5 Å². The average molecular weight is 272 g/mol. The highest BCUT2D eigenvalue weighted by atomic mass is 16.6. The summed E-state index contributed by atoms with van der Waals surface area (Å²) in [5, 5.41) is 0. The van der Waals surface area contributed by atoms with Crippen LogP contribution in [0.2, 0.25) is 0 Å². The van der Waals surface area contributed by atoms with E-state index in [1.54, 1.807) is 7.11 Å². The molecule has 1 rings (SSSR count). The van der Waals surface area contributed by atoms with Crippen LogP contribution in [-0.4, -0.2) is 56.7 Å². The third-order valence-corrected chi connectivity index (χ3v) is 2.02. The molecule has 4 N–H and O–H groups in total. The number of nitrogen functional groups attached to an aromatic ring is 2. The maximum atomic E-state index is 5.50. The first kappa shape index (κ1) is 15.4. The van der Waals surface area contributed by atoms with Gasteiger partial charge in [0.2, 0.25) is 11.8 Å². The van der Waals surface area contributed by atoms with Gasteiger partial charge in [-0.1, -0.05) is 0 Å². The maximum absolute atomic E-state index is 5.50. The zero-order valence-corrected chi connectivity index (χ0v) is 11.0. The smallest absolute Gasteiger partial charge is 0.225 e. The fraction of sp³-hybridized carbons (Fsp3) is 0.636. The summed E-state index contributed by atoms with van der Waals surface area (Å²) in [7, 11) is 1.63. The minimum Gasteiger partial charge on any atom is -0.475 e. The third-order valence-electron chi connectivity index (χ3n) is 2.02. The summed E-state index contributed by atoms with van der Waals surface area (Å²) in [5.41, 5.74) is 10.9. The van der Waals surface area contributed by atoms with Gasteiger partial charge in [-0.25, -0.2) is 0 Å². The lowest BCUT2D eigenvalue weighted by Crippen LogP contribution is -2.13. The van der Waals surface area contributed by atoms with Crippen molar-refractivity contribution in [1.82, 2.24) is 9.97 Å². The van der Waals surface area contributed by atoms with Crippen LogP contribution in [0, 0.1) is 0 Å². The molecule has 0 bridgehead atoms. The lowest BCUT2D eigenvalue weighted by molar-refractivity contribution is 0.0176. The summed E-state index contributed by atoms with van der Waals surface area (Å²) < 4.78 is 20.7. The van der Waals surface area contributed by atoms with Crippen molar-refractivity contribution in [3.05, 3.63) is 6.07 Å². The summed E-state index contributed by atoms with van der Waals surface area (Å²) in [6, 6.07) is 1.50. The number of rotatable bonds is 10. The Morgan fingerprint density at radius 1 is 0.947 bits per heavy atom. The molecular weight excluding hydrogens is 252 g/mol. The molecule has 0 atom stereocenters. The normalized spacial score (nSPS) is 10.6.